The highest BCUT2D eigenvalue weighted by Gasteiger charge is 2.19. The molecule has 0 amide bonds. The molecule has 312 valence electrons. The van der Waals surface area contributed by atoms with Gasteiger partial charge in [0, 0.05) is 33.2 Å². The molecular weight excluding hydrogens is 811 g/mol. The first kappa shape index (κ1) is 38.5. The monoisotopic (exact) mass is 851 g/mol. The van der Waals surface area contributed by atoms with Crippen LogP contribution in [0.5, 0.6) is 0 Å². The first-order valence-corrected chi connectivity index (χ1v) is 22.9. The molecule has 13 aromatic rings. The summed E-state index contributed by atoms with van der Waals surface area (Å²) in [4.78, 5) is 10.9. The van der Waals surface area contributed by atoms with Crippen molar-refractivity contribution in [2.45, 2.75) is 0 Å². The molecule has 67 heavy (non-hydrogen) atoms. The third-order valence-corrected chi connectivity index (χ3v) is 13.4. The fourth-order valence-electron chi connectivity index (χ4n) is 10.3. The van der Waals surface area contributed by atoms with Gasteiger partial charge in [0.15, 0.2) is 5.82 Å². The molecule has 0 aliphatic carbocycles. The van der Waals surface area contributed by atoms with Gasteiger partial charge in [0.1, 0.15) is 0 Å². The minimum absolute atomic E-state index is 0.671. The second-order valence-electron chi connectivity index (χ2n) is 17.3. The van der Waals surface area contributed by atoms with Gasteiger partial charge in [-0.1, -0.05) is 212 Å². The predicted molar refractivity (Wildman–Crippen MR) is 282 cm³/mol. The fourth-order valence-corrected chi connectivity index (χ4v) is 10.3. The van der Waals surface area contributed by atoms with Gasteiger partial charge in [0.25, 0.3) is 0 Å². The normalized spacial score (nSPS) is 11.6. The van der Waals surface area contributed by atoms with Crippen LogP contribution in [-0.4, -0.2) is 14.5 Å². The molecule has 0 aliphatic heterocycles. The van der Waals surface area contributed by atoms with Crippen molar-refractivity contribution >= 4 is 54.1 Å². The zero-order valence-electron chi connectivity index (χ0n) is 36.5. The second kappa shape index (κ2) is 16.0. The van der Waals surface area contributed by atoms with E-state index in [1.165, 1.54) is 54.2 Å². The quantitative estimate of drug-likeness (QED) is 0.118. The van der Waals surface area contributed by atoms with Gasteiger partial charge in [-0.25, -0.2) is 9.97 Å². The number of benzene rings is 11. The van der Waals surface area contributed by atoms with Crippen molar-refractivity contribution in [1.82, 2.24) is 14.5 Å². The van der Waals surface area contributed by atoms with Crippen LogP contribution >= 0.6 is 0 Å². The number of hydrogen-bond acceptors (Lipinski definition) is 2. The number of aromatic nitrogens is 3. The highest BCUT2D eigenvalue weighted by atomic mass is 15.0. The molecule has 0 saturated heterocycles. The maximum Gasteiger partial charge on any atom is 0.160 e. The molecule has 2 aromatic heterocycles. The standard InChI is InChI=1S/C64H41N3/c1-3-17-42(18-4-1)49-23-11-13-27-53(49)59-41-60(54-28-14-12-25-51(54)47-36-37-56-55-29-15-16-30-61(55)67(62(56)40-47)48-21-5-2-6-22-48)66-64(65-59)45-33-31-44(32-34-45)63-52-26-10-8-20-46(52)39-58-50-24-9-7-19-43(50)35-38-57(58)63/h1-41H. The average Bonchev–Trinajstić information content (AvgIpc) is 3.74. The van der Waals surface area contributed by atoms with Crippen molar-refractivity contribution in [2.75, 3.05) is 0 Å². The third-order valence-electron chi connectivity index (χ3n) is 13.4. The van der Waals surface area contributed by atoms with Crippen molar-refractivity contribution in [1.29, 1.82) is 0 Å². The Kier molecular flexibility index (Phi) is 9.17. The van der Waals surface area contributed by atoms with E-state index in [-0.39, 0.29) is 0 Å². The molecule has 3 nitrogen and oxygen atoms in total. The van der Waals surface area contributed by atoms with E-state index >= 15 is 0 Å². The van der Waals surface area contributed by atoms with Gasteiger partial charge in [0.05, 0.1) is 22.4 Å². The van der Waals surface area contributed by atoms with Crippen LogP contribution in [0.25, 0.3) is 127 Å². The highest BCUT2D eigenvalue weighted by molar-refractivity contribution is 6.20. The topological polar surface area (TPSA) is 30.7 Å². The summed E-state index contributed by atoms with van der Waals surface area (Å²) < 4.78 is 2.38. The van der Waals surface area contributed by atoms with Crippen LogP contribution < -0.4 is 0 Å². The predicted octanol–water partition coefficient (Wildman–Crippen LogP) is 17.0. The summed E-state index contributed by atoms with van der Waals surface area (Å²) in [6, 6.07) is 89.4. The molecular formula is C64H41N3. The molecule has 0 saturated carbocycles. The molecule has 13 rings (SSSR count). The van der Waals surface area contributed by atoms with Crippen LogP contribution in [0, 0.1) is 0 Å². The lowest BCUT2D eigenvalue weighted by atomic mass is 9.89. The van der Waals surface area contributed by atoms with Gasteiger partial charge in [-0.05, 0) is 102 Å². The van der Waals surface area contributed by atoms with Gasteiger partial charge in [0.2, 0.25) is 0 Å². The molecule has 2 heterocycles. The SMILES string of the molecule is c1ccc(-c2ccccc2-c2cc(-c3ccccc3-c3ccc4c5ccccc5n(-c5ccccc5)c4c3)nc(-c3ccc(-c4c5ccccc5cc5c4ccc4ccccc45)cc3)n2)cc1. The minimum atomic E-state index is 0.671. The van der Waals surface area contributed by atoms with Crippen LogP contribution in [0.15, 0.2) is 249 Å². The van der Waals surface area contributed by atoms with Crippen molar-refractivity contribution < 1.29 is 0 Å². The number of nitrogens with zero attached hydrogens (tertiary/aromatic N) is 3. The van der Waals surface area contributed by atoms with E-state index in [0.717, 1.165) is 67.1 Å². The maximum absolute atomic E-state index is 5.47. The summed E-state index contributed by atoms with van der Waals surface area (Å²) in [5.41, 5.74) is 15.1. The summed E-state index contributed by atoms with van der Waals surface area (Å²) in [6.07, 6.45) is 0. The molecule has 0 unspecified atom stereocenters. The Hall–Kier alpha value is -8.92. The Morgan fingerprint density at radius 2 is 0.791 bits per heavy atom. The Bertz CT molecular complexity index is 4020. The van der Waals surface area contributed by atoms with Gasteiger partial charge in [-0.15, -0.1) is 0 Å². The maximum atomic E-state index is 5.47. The second-order valence-corrected chi connectivity index (χ2v) is 17.3. The van der Waals surface area contributed by atoms with Crippen LogP contribution in [0.2, 0.25) is 0 Å². The Morgan fingerprint density at radius 1 is 0.269 bits per heavy atom. The van der Waals surface area contributed by atoms with Gasteiger partial charge >= 0.3 is 0 Å². The molecule has 0 N–H and O–H groups in total. The average molecular weight is 852 g/mol. The number of rotatable bonds is 7. The molecule has 0 aliphatic rings. The number of hydrogen-bond donors (Lipinski definition) is 0. The first-order valence-electron chi connectivity index (χ1n) is 22.9. The smallest absolute Gasteiger partial charge is 0.160 e. The van der Waals surface area contributed by atoms with E-state index in [4.69, 9.17) is 9.97 Å². The molecule has 0 spiro atoms. The third kappa shape index (κ3) is 6.59. The summed E-state index contributed by atoms with van der Waals surface area (Å²) in [6.45, 7) is 0. The molecule has 0 bridgehead atoms. The number of para-hydroxylation sites is 2. The van der Waals surface area contributed by atoms with E-state index in [1.807, 2.05) is 0 Å². The van der Waals surface area contributed by atoms with Gasteiger partial charge < -0.3 is 4.57 Å². The minimum Gasteiger partial charge on any atom is -0.309 e. The largest absolute Gasteiger partial charge is 0.309 e. The Labute approximate surface area is 388 Å². The number of fused-ring (bicyclic) bond motifs is 7. The van der Waals surface area contributed by atoms with Crippen molar-refractivity contribution in [3.8, 4) is 73.0 Å². The lowest BCUT2D eigenvalue weighted by Gasteiger charge is -2.16. The Morgan fingerprint density at radius 3 is 1.52 bits per heavy atom. The van der Waals surface area contributed by atoms with Gasteiger partial charge in [-0.3, -0.25) is 0 Å². The zero-order chi connectivity index (χ0) is 44.3. The summed E-state index contributed by atoms with van der Waals surface area (Å²) in [5.74, 6) is 0.671. The van der Waals surface area contributed by atoms with Crippen molar-refractivity contribution in [3.63, 3.8) is 0 Å². The summed E-state index contributed by atoms with van der Waals surface area (Å²) >= 11 is 0. The highest BCUT2D eigenvalue weighted by Crippen LogP contribution is 2.42. The lowest BCUT2D eigenvalue weighted by Crippen LogP contribution is -1.98. The van der Waals surface area contributed by atoms with Crippen molar-refractivity contribution in [3.05, 3.63) is 249 Å². The van der Waals surface area contributed by atoms with Crippen LogP contribution in [0.1, 0.15) is 0 Å². The van der Waals surface area contributed by atoms with Crippen molar-refractivity contribution in [2.24, 2.45) is 0 Å². The summed E-state index contributed by atoms with van der Waals surface area (Å²) in [7, 11) is 0. The Balaban J connectivity index is 0.995. The molecule has 0 radical (unpaired) electrons. The zero-order valence-corrected chi connectivity index (χ0v) is 36.5. The summed E-state index contributed by atoms with van der Waals surface area (Å²) in [5, 5.41) is 9.91. The van der Waals surface area contributed by atoms with Crippen LogP contribution in [0.4, 0.5) is 0 Å². The lowest BCUT2D eigenvalue weighted by molar-refractivity contribution is 1.18. The first-order chi connectivity index (χ1) is 33.2. The van der Waals surface area contributed by atoms with Gasteiger partial charge in [-0.2, -0.15) is 0 Å². The van der Waals surface area contributed by atoms with Crippen LogP contribution in [-0.2, 0) is 0 Å². The van der Waals surface area contributed by atoms with E-state index in [1.54, 1.807) is 0 Å². The molecule has 11 aromatic carbocycles. The van der Waals surface area contributed by atoms with E-state index < -0.39 is 0 Å². The molecule has 3 heteroatoms. The van der Waals surface area contributed by atoms with Crippen LogP contribution in [0.3, 0.4) is 0 Å². The molecule has 0 atom stereocenters. The fraction of sp³-hybridized carbons (Fsp3) is 0. The molecule has 0 fully saturated rings. The van der Waals surface area contributed by atoms with E-state index in [2.05, 4.69) is 253 Å². The van der Waals surface area contributed by atoms with E-state index in [9.17, 15) is 0 Å². The van der Waals surface area contributed by atoms with E-state index in [0.29, 0.717) is 5.82 Å².